The first-order chi connectivity index (χ1) is 8.15. The van der Waals surface area contributed by atoms with Crippen molar-refractivity contribution in [2.45, 2.75) is 44.0 Å². The lowest BCUT2D eigenvalue weighted by atomic mass is 10.2. The van der Waals surface area contributed by atoms with Crippen LogP contribution in [0, 0.1) is 0 Å². The molecule has 0 aromatic carbocycles. The SMILES string of the molecule is CC(SCC(O)CO)C(=O)N1CCCCCC1. The third-order valence-corrected chi connectivity index (χ3v) is 4.29. The Kier molecular flexibility index (Phi) is 6.92. The molecular weight excluding hydrogens is 238 g/mol. The van der Waals surface area contributed by atoms with Gasteiger partial charge in [0, 0.05) is 18.8 Å². The lowest BCUT2D eigenvalue weighted by molar-refractivity contribution is -0.130. The predicted molar refractivity (Wildman–Crippen MR) is 70.1 cm³/mol. The third-order valence-electron chi connectivity index (χ3n) is 3.01. The predicted octanol–water partition coefficient (Wildman–Crippen LogP) is 0.864. The van der Waals surface area contributed by atoms with E-state index in [0.717, 1.165) is 25.9 Å². The van der Waals surface area contributed by atoms with Gasteiger partial charge in [0.2, 0.25) is 5.91 Å². The van der Waals surface area contributed by atoms with Crippen LogP contribution in [-0.4, -0.2) is 57.8 Å². The van der Waals surface area contributed by atoms with Crippen molar-refractivity contribution in [2.24, 2.45) is 0 Å². The van der Waals surface area contributed by atoms with Crippen LogP contribution in [0.1, 0.15) is 32.6 Å². The van der Waals surface area contributed by atoms with Crippen LogP contribution in [0.5, 0.6) is 0 Å². The summed E-state index contributed by atoms with van der Waals surface area (Å²) in [7, 11) is 0. The number of thioether (sulfide) groups is 1. The Morgan fingerprint density at radius 1 is 1.29 bits per heavy atom. The van der Waals surface area contributed by atoms with E-state index < -0.39 is 6.10 Å². The molecule has 1 heterocycles. The van der Waals surface area contributed by atoms with E-state index in [0.29, 0.717) is 5.75 Å². The molecule has 2 atom stereocenters. The van der Waals surface area contributed by atoms with Gasteiger partial charge in [-0.3, -0.25) is 4.79 Å². The first kappa shape index (κ1) is 14.8. The smallest absolute Gasteiger partial charge is 0.235 e. The van der Waals surface area contributed by atoms with Crippen LogP contribution in [0.15, 0.2) is 0 Å². The second-order valence-electron chi connectivity index (χ2n) is 4.55. The van der Waals surface area contributed by atoms with Crippen molar-refractivity contribution in [1.29, 1.82) is 0 Å². The van der Waals surface area contributed by atoms with Gasteiger partial charge in [-0.25, -0.2) is 0 Å². The molecule has 100 valence electrons. The van der Waals surface area contributed by atoms with Crippen molar-refractivity contribution < 1.29 is 15.0 Å². The Morgan fingerprint density at radius 2 is 1.88 bits per heavy atom. The fourth-order valence-corrected chi connectivity index (χ4v) is 2.84. The van der Waals surface area contributed by atoms with Crippen LogP contribution in [0.3, 0.4) is 0 Å². The topological polar surface area (TPSA) is 60.8 Å². The molecule has 0 saturated carbocycles. The minimum atomic E-state index is -0.723. The highest BCUT2D eigenvalue weighted by Crippen LogP contribution is 2.17. The molecule has 17 heavy (non-hydrogen) atoms. The van der Waals surface area contributed by atoms with E-state index >= 15 is 0 Å². The lowest BCUT2D eigenvalue weighted by Gasteiger charge is -2.24. The second kappa shape index (κ2) is 7.95. The highest BCUT2D eigenvalue weighted by molar-refractivity contribution is 8.00. The molecule has 1 saturated heterocycles. The molecule has 0 aromatic rings. The average Bonchev–Trinajstić information content (AvgIpc) is 2.63. The van der Waals surface area contributed by atoms with Gasteiger partial charge in [0.25, 0.3) is 0 Å². The van der Waals surface area contributed by atoms with Crippen LogP contribution in [0.2, 0.25) is 0 Å². The number of hydrogen-bond acceptors (Lipinski definition) is 4. The molecule has 0 aromatic heterocycles. The summed E-state index contributed by atoms with van der Waals surface area (Å²) in [6, 6.07) is 0. The van der Waals surface area contributed by atoms with E-state index in [1.807, 2.05) is 11.8 Å². The van der Waals surface area contributed by atoms with E-state index in [2.05, 4.69) is 0 Å². The summed E-state index contributed by atoms with van der Waals surface area (Å²) in [6.07, 6.45) is 3.91. The molecule has 1 fully saturated rings. The van der Waals surface area contributed by atoms with Crippen LogP contribution >= 0.6 is 11.8 Å². The maximum absolute atomic E-state index is 12.1. The monoisotopic (exact) mass is 261 g/mol. The van der Waals surface area contributed by atoms with Gasteiger partial charge in [-0.2, -0.15) is 0 Å². The molecule has 1 amide bonds. The minimum absolute atomic E-state index is 0.130. The zero-order valence-electron chi connectivity index (χ0n) is 10.5. The number of amides is 1. The highest BCUT2D eigenvalue weighted by Gasteiger charge is 2.22. The Hall–Kier alpha value is -0.260. The molecule has 1 aliphatic heterocycles. The fraction of sp³-hybridized carbons (Fsp3) is 0.917. The van der Waals surface area contributed by atoms with Crippen LogP contribution in [0.4, 0.5) is 0 Å². The Bertz CT molecular complexity index is 230. The maximum Gasteiger partial charge on any atom is 0.235 e. The van der Waals surface area contributed by atoms with E-state index in [4.69, 9.17) is 5.11 Å². The molecular formula is C12H23NO3S. The number of aliphatic hydroxyl groups excluding tert-OH is 2. The largest absolute Gasteiger partial charge is 0.394 e. The number of hydrogen-bond donors (Lipinski definition) is 2. The molecule has 0 bridgehead atoms. The van der Waals surface area contributed by atoms with E-state index in [1.54, 1.807) is 0 Å². The van der Waals surface area contributed by atoms with E-state index in [9.17, 15) is 9.90 Å². The number of aliphatic hydroxyl groups is 2. The van der Waals surface area contributed by atoms with Crippen LogP contribution in [0.25, 0.3) is 0 Å². The lowest BCUT2D eigenvalue weighted by Crippen LogP contribution is -2.37. The zero-order chi connectivity index (χ0) is 12.7. The quantitative estimate of drug-likeness (QED) is 0.771. The third kappa shape index (κ3) is 5.27. The summed E-state index contributed by atoms with van der Waals surface area (Å²) < 4.78 is 0. The van der Waals surface area contributed by atoms with E-state index in [1.165, 1.54) is 24.6 Å². The number of carbonyl (C=O) groups excluding carboxylic acids is 1. The molecule has 1 aliphatic rings. The van der Waals surface area contributed by atoms with Gasteiger partial charge in [-0.05, 0) is 19.8 Å². The van der Waals surface area contributed by atoms with Crippen molar-refractivity contribution in [3.8, 4) is 0 Å². The van der Waals surface area contributed by atoms with Gasteiger partial charge in [0.15, 0.2) is 0 Å². The second-order valence-corrected chi connectivity index (χ2v) is 5.93. The van der Waals surface area contributed by atoms with Gasteiger partial charge < -0.3 is 15.1 Å². The zero-order valence-corrected chi connectivity index (χ0v) is 11.3. The van der Waals surface area contributed by atoms with Gasteiger partial charge >= 0.3 is 0 Å². The summed E-state index contributed by atoms with van der Waals surface area (Å²) in [4.78, 5) is 14.1. The normalized spacial score (nSPS) is 20.8. The van der Waals surface area contributed by atoms with Gasteiger partial charge in [-0.1, -0.05) is 12.8 Å². The minimum Gasteiger partial charge on any atom is -0.394 e. The number of likely N-dealkylation sites (tertiary alicyclic amines) is 1. The van der Waals surface area contributed by atoms with Crippen molar-refractivity contribution in [2.75, 3.05) is 25.4 Å². The standard InChI is InChI=1S/C12H23NO3S/c1-10(17-9-11(15)8-14)12(16)13-6-4-2-3-5-7-13/h10-11,14-15H,2-9H2,1H3. The summed E-state index contributed by atoms with van der Waals surface area (Å²) in [6.45, 7) is 3.37. The molecule has 0 radical (unpaired) electrons. The molecule has 5 heteroatoms. The summed E-state index contributed by atoms with van der Waals surface area (Å²) >= 11 is 1.42. The molecule has 2 unspecified atom stereocenters. The molecule has 0 aliphatic carbocycles. The molecule has 0 spiro atoms. The molecule has 1 rings (SSSR count). The Labute approximate surface area is 107 Å². The molecule has 4 nitrogen and oxygen atoms in total. The summed E-state index contributed by atoms with van der Waals surface area (Å²) in [5, 5.41) is 17.8. The number of nitrogens with zero attached hydrogens (tertiary/aromatic N) is 1. The average molecular weight is 261 g/mol. The van der Waals surface area contributed by atoms with Crippen molar-refractivity contribution in [3.63, 3.8) is 0 Å². The molecule has 2 N–H and O–H groups in total. The summed E-state index contributed by atoms with van der Waals surface area (Å²) in [5.41, 5.74) is 0. The van der Waals surface area contributed by atoms with Crippen molar-refractivity contribution in [3.05, 3.63) is 0 Å². The van der Waals surface area contributed by atoms with Crippen LogP contribution in [-0.2, 0) is 4.79 Å². The first-order valence-electron chi connectivity index (χ1n) is 6.34. The van der Waals surface area contributed by atoms with Crippen LogP contribution < -0.4 is 0 Å². The van der Waals surface area contributed by atoms with Gasteiger partial charge in [-0.15, -0.1) is 11.8 Å². The maximum atomic E-state index is 12.1. The number of carbonyl (C=O) groups is 1. The first-order valence-corrected chi connectivity index (χ1v) is 7.39. The van der Waals surface area contributed by atoms with Gasteiger partial charge in [0.05, 0.1) is 18.0 Å². The fourth-order valence-electron chi connectivity index (χ4n) is 1.93. The van der Waals surface area contributed by atoms with Crippen molar-refractivity contribution in [1.82, 2.24) is 4.90 Å². The summed E-state index contributed by atoms with van der Waals surface area (Å²) in [5.74, 6) is 0.582. The van der Waals surface area contributed by atoms with Crippen molar-refractivity contribution >= 4 is 17.7 Å². The highest BCUT2D eigenvalue weighted by atomic mass is 32.2. The number of rotatable bonds is 5. The van der Waals surface area contributed by atoms with E-state index in [-0.39, 0.29) is 17.8 Å². The van der Waals surface area contributed by atoms with Gasteiger partial charge in [0.1, 0.15) is 0 Å². The Balaban J connectivity index is 2.33. The Morgan fingerprint density at radius 3 is 2.41 bits per heavy atom.